The van der Waals surface area contributed by atoms with Crippen LogP contribution < -0.4 is 0 Å². The molecule has 20 heavy (non-hydrogen) atoms. The Hall–Kier alpha value is -1.24. The van der Waals surface area contributed by atoms with Gasteiger partial charge in [-0.1, -0.05) is 5.11 Å². The molecular formula is C12H24N4O3Si. The minimum Gasteiger partial charge on any atom is -0.444 e. The van der Waals surface area contributed by atoms with Crippen LogP contribution in [0.25, 0.3) is 10.4 Å². The number of hydrogen-bond donors (Lipinski definition) is 0. The van der Waals surface area contributed by atoms with Gasteiger partial charge in [0.25, 0.3) is 0 Å². The Labute approximate surface area is 121 Å². The molecule has 0 spiro atoms. The summed E-state index contributed by atoms with van der Waals surface area (Å²) >= 11 is 0. The monoisotopic (exact) mass is 300 g/mol. The van der Waals surface area contributed by atoms with Crippen molar-refractivity contribution in [3.8, 4) is 0 Å². The lowest BCUT2D eigenvalue weighted by molar-refractivity contribution is 0.0273. The molecule has 2 atom stereocenters. The summed E-state index contributed by atoms with van der Waals surface area (Å²) in [5.41, 5.74) is 8.09. The highest BCUT2D eigenvalue weighted by molar-refractivity contribution is 6.69. The third-order valence-corrected chi connectivity index (χ3v) is 3.60. The van der Waals surface area contributed by atoms with Gasteiger partial charge in [0.05, 0.1) is 12.1 Å². The van der Waals surface area contributed by atoms with Gasteiger partial charge in [-0.05, 0) is 45.9 Å². The van der Waals surface area contributed by atoms with E-state index >= 15 is 0 Å². The predicted molar refractivity (Wildman–Crippen MR) is 79.0 cm³/mol. The summed E-state index contributed by atoms with van der Waals surface area (Å²) in [5.74, 6) is 0. The maximum absolute atomic E-state index is 12.0. The minimum absolute atomic E-state index is 0.245. The lowest BCUT2D eigenvalue weighted by Gasteiger charge is -2.26. The molecule has 1 aliphatic rings. The Morgan fingerprint density at radius 1 is 1.35 bits per heavy atom. The highest BCUT2D eigenvalue weighted by atomic mass is 28.4. The number of azide groups is 1. The molecule has 0 radical (unpaired) electrons. The first-order valence-corrected chi connectivity index (χ1v) is 10.1. The summed E-state index contributed by atoms with van der Waals surface area (Å²) in [5, 5.41) is 3.75. The first-order chi connectivity index (χ1) is 9.02. The van der Waals surface area contributed by atoms with Crippen LogP contribution in [-0.2, 0) is 9.16 Å². The molecule has 1 aliphatic heterocycles. The number of amides is 1. The average Bonchev–Trinajstić information content (AvgIpc) is 2.57. The van der Waals surface area contributed by atoms with E-state index in [-0.39, 0.29) is 12.1 Å². The summed E-state index contributed by atoms with van der Waals surface area (Å²) in [6.07, 6.45) is -0.637. The zero-order valence-corrected chi connectivity index (χ0v) is 14.1. The molecule has 1 saturated heterocycles. The van der Waals surface area contributed by atoms with Crippen LogP contribution in [0.15, 0.2) is 5.11 Å². The second-order valence-corrected chi connectivity index (χ2v) is 11.4. The van der Waals surface area contributed by atoms with Gasteiger partial charge in [-0.15, -0.1) is 0 Å². The Morgan fingerprint density at radius 2 is 1.95 bits per heavy atom. The number of likely N-dealkylation sites (tertiary alicyclic amines) is 1. The van der Waals surface area contributed by atoms with E-state index in [0.29, 0.717) is 13.1 Å². The van der Waals surface area contributed by atoms with Gasteiger partial charge in [0, 0.05) is 18.0 Å². The fourth-order valence-corrected chi connectivity index (χ4v) is 3.12. The van der Waals surface area contributed by atoms with E-state index in [9.17, 15) is 4.79 Å². The van der Waals surface area contributed by atoms with Crippen molar-refractivity contribution in [2.24, 2.45) is 5.11 Å². The largest absolute Gasteiger partial charge is 0.444 e. The highest BCUT2D eigenvalue weighted by Gasteiger charge is 2.39. The summed E-state index contributed by atoms with van der Waals surface area (Å²) < 4.78 is 11.3. The topological polar surface area (TPSA) is 87.5 Å². The molecule has 2 unspecified atom stereocenters. The number of nitrogens with zero attached hydrogens (tertiary/aromatic N) is 4. The molecule has 1 rings (SSSR count). The van der Waals surface area contributed by atoms with E-state index in [1.807, 2.05) is 20.8 Å². The quantitative estimate of drug-likeness (QED) is 0.347. The van der Waals surface area contributed by atoms with E-state index in [2.05, 4.69) is 29.7 Å². The number of rotatable bonds is 3. The van der Waals surface area contributed by atoms with Gasteiger partial charge in [-0.25, -0.2) is 4.79 Å². The molecule has 0 bridgehead atoms. The van der Waals surface area contributed by atoms with Crippen LogP contribution in [0.3, 0.4) is 0 Å². The van der Waals surface area contributed by atoms with Gasteiger partial charge in [0.2, 0.25) is 0 Å². The lowest BCUT2D eigenvalue weighted by Crippen LogP contribution is -2.39. The number of ether oxygens (including phenoxy) is 1. The Bertz CT molecular complexity index is 410. The van der Waals surface area contributed by atoms with Gasteiger partial charge in [0.15, 0.2) is 8.32 Å². The molecule has 1 amide bonds. The first kappa shape index (κ1) is 16.8. The van der Waals surface area contributed by atoms with Crippen molar-refractivity contribution in [3.63, 3.8) is 0 Å². The lowest BCUT2D eigenvalue weighted by atomic mass is 10.2. The van der Waals surface area contributed by atoms with Crippen molar-refractivity contribution in [1.82, 2.24) is 4.90 Å². The molecule has 0 aromatic rings. The minimum atomic E-state index is -1.77. The molecule has 1 heterocycles. The second-order valence-electron chi connectivity index (χ2n) is 6.93. The van der Waals surface area contributed by atoms with Crippen LogP contribution >= 0.6 is 0 Å². The molecule has 7 nitrogen and oxygen atoms in total. The molecular weight excluding hydrogens is 276 g/mol. The Kier molecular flexibility index (Phi) is 5.07. The van der Waals surface area contributed by atoms with Crippen LogP contribution in [0.1, 0.15) is 20.8 Å². The summed E-state index contributed by atoms with van der Waals surface area (Å²) in [6.45, 7) is 12.4. The van der Waals surface area contributed by atoms with Crippen molar-refractivity contribution in [1.29, 1.82) is 0 Å². The molecule has 0 aromatic heterocycles. The molecule has 8 heteroatoms. The van der Waals surface area contributed by atoms with Crippen molar-refractivity contribution in [2.45, 2.75) is 58.2 Å². The molecule has 1 fully saturated rings. The molecule has 0 saturated carbocycles. The van der Waals surface area contributed by atoms with E-state index in [1.165, 1.54) is 0 Å². The van der Waals surface area contributed by atoms with Crippen LogP contribution in [0.5, 0.6) is 0 Å². The Morgan fingerprint density at radius 3 is 2.40 bits per heavy atom. The fraction of sp³-hybridized carbons (Fsp3) is 0.917. The van der Waals surface area contributed by atoms with Gasteiger partial charge in [-0.2, -0.15) is 0 Å². The van der Waals surface area contributed by atoms with Crippen LogP contribution in [0.4, 0.5) is 4.79 Å². The van der Waals surface area contributed by atoms with E-state index in [0.717, 1.165) is 0 Å². The molecule has 0 aliphatic carbocycles. The van der Waals surface area contributed by atoms with Crippen molar-refractivity contribution < 1.29 is 14.0 Å². The van der Waals surface area contributed by atoms with E-state index < -0.39 is 20.0 Å². The summed E-state index contributed by atoms with van der Waals surface area (Å²) in [7, 11) is -1.77. The smallest absolute Gasteiger partial charge is 0.410 e. The van der Waals surface area contributed by atoms with Gasteiger partial charge in [0.1, 0.15) is 5.60 Å². The van der Waals surface area contributed by atoms with Gasteiger partial charge >= 0.3 is 6.09 Å². The van der Waals surface area contributed by atoms with Crippen LogP contribution in [0, 0.1) is 0 Å². The van der Waals surface area contributed by atoms with Gasteiger partial charge < -0.3 is 14.1 Å². The zero-order chi connectivity index (χ0) is 15.6. The average molecular weight is 300 g/mol. The van der Waals surface area contributed by atoms with Gasteiger partial charge in [-0.3, -0.25) is 0 Å². The Balaban J connectivity index is 2.75. The number of carbonyl (C=O) groups is 1. The predicted octanol–water partition coefficient (Wildman–Crippen LogP) is 3.14. The van der Waals surface area contributed by atoms with Crippen molar-refractivity contribution in [3.05, 3.63) is 10.4 Å². The molecule has 0 N–H and O–H groups in total. The third-order valence-electron chi connectivity index (χ3n) is 2.59. The van der Waals surface area contributed by atoms with Crippen molar-refractivity contribution >= 4 is 14.4 Å². The zero-order valence-electron chi connectivity index (χ0n) is 13.1. The third kappa shape index (κ3) is 5.40. The maximum Gasteiger partial charge on any atom is 0.410 e. The fourth-order valence-electron chi connectivity index (χ4n) is 1.98. The number of carbonyl (C=O) groups excluding carboxylic acids is 1. The summed E-state index contributed by atoms with van der Waals surface area (Å²) in [6, 6.07) is -0.348. The standard InChI is InChI=1S/C12H24N4O3Si/c1-12(2,3)18-11(17)16-7-9(14-15-13)10(8-16)19-20(4,5)6/h9-10H,7-8H2,1-6H3. The van der Waals surface area contributed by atoms with E-state index in [1.54, 1.807) is 4.90 Å². The van der Waals surface area contributed by atoms with Crippen LogP contribution in [0.2, 0.25) is 19.6 Å². The second kappa shape index (κ2) is 6.03. The van der Waals surface area contributed by atoms with E-state index in [4.69, 9.17) is 14.7 Å². The molecule has 0 aromatic carbocycles. The maximum atomic E-state index is 12.0. The summed E-state index contributed by atoms with van der Waals surface area (Å²) in [4.78, 5) is 16.4. The first-order valence-electron chi connectivity index (χ1n) is 6.72. The highest BCUT2D eigenvalue weighted by Crippen LogP contribution is 2.23. The normalized spacial score (nSPS) is 23.4. The molecule has 114 valence electrons. The van der Waals surface area contributed by atoms with Crippen LogP contribution in [-0.4, -0.2) is 50.1 Å². The van der Waals surface area contributed by atoms with Crippen molar-refractivity contribution in [2.75, 3.05) is 13.1 Å². The SMILES string of the molecule is CC(C)(C)OC(=O)N1CC(N=[N+]=[N-])C(O[Si](C)(C)C)C1. The number of hydrogen-bond acceptors (Lipinski definition) is 4.